The van der Waals surface area contributed by atoms with E-state index < -0.39 is 10.0 Å². The normalized spacial score (nSPS) is 17.9. The van der Waals surface area contributed by atoms with Crippen LogP contribution in [0.15, 0.2) is 42.5 Å². The number of benzene rings is 2. The molecule has 1 aliphatic carbocycles. The minimum atomic E-state index is -3.20. The highest BCUT2D eigenvalue weighted by molar-refractivity contribution is 7.88. The van der Waals surface area contributed by atoms with Crippen LogP contribution >= 0.6 is 0 Å². The molecule has 0 aliphatic heterocycles. The number of hydrogen-bond donors (Lipinski definition) is 2. The van der Waals surface area contributed by atoms with Gasteiger partial charge in [-0.05, 0) is 78.7 Å². The van der Waals surface area contributed by atoms with Crippen molar-refractivity contribution in [2.24, 2.45) is 5.92 Å². The smallest absolute Gasteiger partial charge is 0.290 e. The zero-order valence-electron chi connectivity index (χ0n) is 21.8. The van der Waals surface area contributed by atoms with Gasteiger partial charge in [0.05, 0.1) is 13.4 Å². The Hall–Kier alpha value is -2.78. The highest BCUT2D eigenvalue weighted by Gasteiger charge is 2.27. The highest BCUT2D eigenvalue weighted by atomic mass is 32.2. The Morgan fingerprint density at radius 3 is 2.51 bits per heavy atom. The Kier molecular flexibility index (Phi) is 12.2. The molecule has 1 aliphatic rings. The lowest BCUT2D eigenvalue weighted by atomic mass is 9.87. The molecular formula is C28H38FNO6S. The number of carbonyl (C=O) groups excluding carboxylic acids is 1. The molecule has 0 saturated heterocycles. The predicted octanol–water partition coefficient (Wildman–Crippen LogP) is 5.05. The van der Waals surface area contributed by atoms with E-state index >= 15 is 0 Å². The van der Waals surface area contributed by atoms with Gasteiger partial charge in [-0.2, -0.15) is 0 Å². The summed E-state index contributed by atoms with van der Waals surface area (Å²) in [5.41, 5.74) is 3.44. The van der Waals surface area contributed by atoms with Crippen LogP contribution in [-0.2, 0) is 26.0 Å². The minimum Gasteiger partial charge on any atom is -0.494 e. The second-order valence-corrected chi connectivity index (χ2v) is 11.6. The second kappa shape index (κ2) is 14.8. The van der Waals surface area contributed by atoms with Gasteiger partial charge in [0.1, 0.15) is 5.78 Å². The van der Waals surface area contributed by atoms with Crippen molar-refractivity contribution in [3.05, 3.63) is 65.0 Å². The fourth-order valence-corrected chi connectivity index (χ4v) is 5.49. The molecule has 0 spiro atoms. The molecule has 37 heavy (non-hydrogen) atoms. The number of methoxy groups -OCH3 is 1. The third kappa shape index (κ3) is 10.6. The molecule has 3 rings (SSSR count). The molecule has 9 heteroatoms. The lowest BCUT2D eigenvalue weighted by molar-refractivity contribution is -0.123. The molecule has 0 radical (unpaired) electrons. The fourth-order valence-electron chi connectivity index (χ4n) is 4.98. The summed E-state index contributed by atoms with van der Waals surface area (Å²) in [4.78, 5) is 20.6. The van der Waals surface area contributed by atoms with Crippen LogP contribution in [0.5, 0.6) is 5.75 Å². The molecule has 1 saturated carbocycles. The number of ether oxygens (including phenoxy) is 1. The largest absolute Gasteiger partial charge is 0.494 e. The van der Waals surface area contributed by atoms with E-state index in [0.717, 1.165) is 36.6 Å². The van der Waals surface area contributed by atoms with Crippen LogP contribution in [0, 0.1) is 11.7 Å². The Labute approximate surface area is 219 Å². The van der Waals surface area contributed by atoms with Crippen LogP contribution < -0.4 is 9.46 Å². The zero-order chi connectivity index (χ0) is 27.4. The van der Waals surface area contributed by atoms with Gasteiger partial charge in [0.2, 0.25) is 10.0 Å². The first-order chi connectivity index (χ1) is 17.6. The van der Waals surface area contributed by atoms with Crippen molar-refractivity contribution in [2.75, 3.05) is 19.9 Å². The van der Waals surface area contributed by atoms with Crippen LogP contribution in [0.2, 0.25) is 0 Å². The first-order valence-corrected chi connectivity index (χ1v) is 14.4. The molecule has 2 aromatic rings. The molecule has 1 fully saturated rings. The fraction of sp³-hybridized carbons (Fsp3) is 0.500. The van der Waals surface area contributed by atoms with E-state index in [9.17, 15) is 17.6 Å². The number of nitrogens with one attached hydrogen (secondary N) is 1. The molecule has 0 unspecified atom stereocenters. The van der Waals surface area contributed by atoms with Gasteiger partial charge in [-0.15, -0.1) is 0 Å². The van der Waals surface area contributed by atoms with Crippen molar-refractivity contribution in [2.45, 2.75) is 63.7 Å². The molecule has 3 atom stereocenters. The van der Waals surface area contributed by atoms with Gasteiger partial charge in [-0.25, -0.2) is 17.5 Å². The third-order valence-electron chi connectivity index (χ3n) is 6.82. The van der Waals surface area contributed by atoms with Crippen molar-refractivity contribution in [1.29, 1.82) is 0 Å². The average molecular weight is 536 g/mol. The zero-order valence-corrected chi connectivity index (χ0v) is 22.6. The van der Waals surface area contributed by atoms with E-state index in [1.165, 1.54) is 25.2 Å². The van der Waals surface area contributed by atoms with Crippen molar-refractivity contribution in [3.8, 4) is 5.75 Å². The number of carboxylic acid groups (broad SMARTS) is 1. The van der Waals surface area contributed by atoms with Crippen LogP contribution in [0.4, 0.5) is 4.39 Å². The molecule has 2 N–H and O–H groups in total. The lowest BCUT2D eigenvalue weighted by Gasteiger charge is -2.18. The maximum Gasteiger partial charge on any atom is 0.290 e. The maximum atomic E-state index is 13.7. The number of hydrogen-bond acceptors (Lipinski definition) is 5. The Bertz CT molecular complexity index is 1120. The number of sulfonamides is 1. The predicted molar refractivity (Wildman–Crippen MR) is 142 cm³/mol. The summed E-state index contributed by atoms with van der Waals surface area (Å²) in [6.07, 6.45) is 6.95. The summed E-state index contributed by atoms with van der Waals surface area (Å²) in [6.45, 7) is 2.24. The summed E-state index contributed by atoms with van der Waals surface area (Å²) in [6, 6.07) is 13.5. The first-order valence-electron chi connectivity index (χ1n) is 12.5. The number of rotatable bonds is 12. The number of ketones is 1. The van der Waals surface area contributed by atoms with E-state index in [1.54, 1.807) is 0 Å². The van der Waals surface area contributed by atoms with Crippen molar-refractivity contribution < 1.29 is 32.2 Å². The van der Waals surface area contributed by atoms with Crippen LogP contribution in [-0.4, -0.2) is 45.7 Å². The van der Waals surface area contributed by atoms with Gasteiger partial charge >= 0.3 is 0 Å². The monoisotopic (exact) mass is 535 g/mol. The quantitative estimate of drug-likeness (QED) is 0.291. The van der Waals surface area contributed by atoms with Gasteiger partial charge in [0.15, 0.2) is 11.6 Å². The molecular weight excluding hydrogens is 497 g/mol. The Balaban J connectivity index is 0.00000153. The standard InChI is InChI=1S/C27H36FNO4S.CH2O2/c1-19(23-12-13-26(28)27(18-23)33-2)15-21-8-11-24(16-21)22-9-6-20(7-10-22)17-25(30)5-4-14-29-34(3,31)32;2-1-3/h6-7,9-10,12-13,18-19,21,24,29H,4-5,8,11,14-17H2,1-3H3;1H,(H,2,3)/t19-,21+,24+;/m0./s1. The number of Topliss-reactive ketones (excluding diaryl/α,β-unsaturated/α-hetero) is 1. The van der Waals surface area contributed by atoms with E-state index in [-0.39, 0.29) is 18.1 Å². The van der Waals surface area contributed by atoms with E-state index in [0.29, 0.717) is 49.3 Å². The highest BCUT2D eigenvalue weighted by Crippen LogP contribution is 2.42. The second-order valence-electron chi connectivity index (χ2n) is 9.74. The molecule has 7 nitrogen and oxygen atoms in total. The van der Waals surface area contributed by atoms with Crippen LogP contribution in [0.25, 0.3) is 0 Å². The number of halogens is 1. The van der Waals surface area contributed by atoms with Gasteiger partial charge in [0.25, 0.3) is 6.47 Å². The summed E-state index contributed by atoms with van der Waals surface area (Å²) < 4.78 is 43.4. The van der Waals surface area contributed by atoms with Gasteiger partial charge in [-0.1, -0.05) is 37.3 Å². The van der Waals surface area contributed by atoms with Crippen LogP contribution in [0.1, 0.15) is 74.0 Å². The van der Waals surface area contributed by atoms with Crippen molar-refractivity contribution in [1.82, 2.24) is 4.72 Å². The molecule has 0 heterocycles. The molecule has 2 aromatic carbocycles. The Morgan fingerprint density at radius 1 is 1.22 bits per heavy atom. The van der Waals surface area contributed by atoms with Gasteiger partial charge in [-0.3, -0.25) is 9.59 Å². The topological polar surface area (TPSA) is 110 Å². The summed E-state index contributed by atoms with van der Waals surface area (Å²) >= 11 is 0. The molecule has 0 aromatic heterocycles. The SMILES string of the molecule is COc1cc([C@@H](C)C[C@H]2CC[C@@H](c3ccc(CC(=O)CCCNS(C)(=O)=O)cc3)C2)ccc1F.O=CO. The van der Waals surface area contributed by atoms with Crippen LogP contribution in [0.3, 0.4) is 0 Å². The van der Waals surface area contributed by atoms with E-state index in [4.69, 9.17) is 14.6 Å². The molecule has 0 bridgehead atoms. The van der Waals surface area contributed by atoms with E-state index in [1.807, 2.05) is 24.3 Å². The molecule has 0 amide bonds. The summed E-state index contributed by atoms with van der Waals surface area (Å²) in [5.74, 6) is 1.62. The minimum absolute atomic E-state index is 0.121. The van der Waals surface area contributed by atoms with E-state index in [2.05, 4.69) is 23.8 Å². The maximum absolute atomic E-state index is 13.7. The lowest BCUT2D eigenvalue weighted by Crippen LogP contribution is -2.23. The summed E-state index contributed by atoms with van der Waals surface area (Å²) in [5, 5.41) is 6.89. The Morgan fingerprint density at radius 2 is 1.89 bits per heavy atom. The van der Waals surface area contributed by atoms with Crippen molar-refractivity contribution >= 4 is 22.3 Å². The van der Waals surface area contributed by atoms with Crippen molar-refractivity contribution in [3.63, 3.8) is 0 Å². The number of carbonyl (C=O) groups is 2. The first kappa shape index (κ1) is 30.4. The molecule has 204 valence electrons. The summed E-state index contributed by atoms with van der Waals surface area (Å²) in [7, 11) is -1.71. The van der Waals surface area contributed by atoms with Gasteiger partial charge < -0.3 is 9.84 Å². The van der Waals surface area contributed by atoms with Gasteiger partial charge in [0, 0.05) is 19.4 Å². The average Bonchev–Trinajstić information content (AvgIpc) is 3.31. The third-order valence-corrected chi connectivity index (χ3v) is 7.55.